The third kappa shape index (κ3) is 4.19. The van der Waals surface area contributed by atoms with Crippen molar-refractivity contribution < 1.29 is 9.84 Å². The largest absolute Gasteiger partial charge is 0.475 e. The molecule has 16 heavy (non-hydrogen) atoms. The normalized spacial score (nSPS) is 12.6. The van der Waals surface area contributed by atoms with Crippen LogP contribution in [0.25, 0.3) is 0 Å². The van der Waals surface area contributed by atoms with Crippen molar-refractivity contribution in [2.24, 2.45) is 0 Å². The number of aliphatic hydroxyl groups is 1. The van der Waals surface area contributed by atoms with Crippen molar-refractivity contribution in [2.45, 2.75) is 45.6 Å². The van der Waals surface area contributed by atoms with Crippen molar-refractivity contribution in [3.63, 3.8) is 0 Å². The maximum atomic E-state index is 9.51. The first-order valence-corrected chi connectivity index (χ1v) is 5.50. The van der Waals surface area contributed by atoms with Gasteiger partial charge in [0, 0.05) is 12.3 Å². The molecule has 0 saturated carbocycles. The highest BCUT2D eigenvalue weighted by molar-refractivity contribution is 5.23. The highest BCUT2D eigenvalue weighted by atomic mass is 16.5. The minimum Gasteiger partial charge on any atom is -0.475 e. The predicted molar refractivity (Wildman–Crippen MR) is 64.7 cm³/mol. The summed E-state index contributed by atoms with van der Waals surface area (Å²) in [5.74, 6) is 0.551. The number of nitrogens with zero attached hydrogens (tertiary/aromatic N) is 1. The Morgan fingerprint density at radius 3 is 2.19 bits per heavy atom. The summed E-state index contributed by atoms with van der Waals surface area (Å²) in [6.45, 7) is 10.1. The van der Waals surface area contributed by atoms with Crippen LogP contribution < -0.4 is 4.74 Å². The van der Waals surface area contributed by atoms with Crippen LogP contribution in [0, 0.1) is 0 Å². The predicted octanol–water partition coefficient (Wildman–Crippen LogP) is 2.53. The Kier molecular flexibility index (Phi) is 3.58. The lowest BCUT2D eigenvalue weighted by atomic mass is 9.88. The molecule has 3 nitrogen and oxygen atoms in total. The second-order valence-electron chi connectivity index (χ2n) is 5.74. The van der Waals surface area contributed by atoms with Crippen molar-refractivity contribution in [3.05, 3.63) is 23.9 Å². The maximum Gasteiger partial charge on any atom is 0.213 e. The van der Waals surface area contributed by atoms with Gasteiger partial charge in [0.05, 0.1) is 5.60 Å². The molecule has 1 N–H and O–H groups in total. The number of rotatable bonds is 3. The van der Waals surface area contributed by atoms with E-state index >= 15 is 0 Å². The van der Waals surface area contributed by atoms with Crippen LogP contribution in [0.3, 0.4) is 0 Å². The van der Waals surface area contributed by atoms with E-state index in [0.29, 0.717) is 5.88 Å². The fourth-order valence-electron chi connectivity index (χ4n) is 1.16. The monoisotopic (exact) mass is 223 g/mol. The summed E-state index contributed by atoms with van der Waals surface area (Å²) in [6, 6.07) is 3.85. The van der Waals surface area contributed by atoms with Crippen LogP contribution in [-0.4, -0.2) is 22.3 Å². The second kappa shape index (κ2) is 4.42. The molecule has 1 aromatic heterocycles. The van der Waals surface area contributed by atoms with Crippen molar-refractivity contribution >= 4 is 0 Å². The van der Waals surface area contributed by atoms with Crippen molar-refractivity contribution in [2.75, 3.05) is 6.61 Å². The molecule has 0 aliphatic heterocycles. The highest BCUT2D eigenvalue weighted by Gasteiger charge is 2.16. The third-order valence-electron chi connectivity index (χ3n) is 2.18. The summed E-state index contributed by atoms with van der Waals surface area (Å²) >= 11 is 0. The summed E-state index contributed by atoms with van der Waals surface area (Å²) in [7, 11) is 0. The fraction of sp³-hybridized carbons (Fsp3) is 0.615. The minimum absolute atomic E-state index is 0.0990. The molecule has 0 spiro atoms. The molecule has 0 unspecified atom stereocenters. The third-order valence-corrected chi connectivity index (χ3v) is 2.18. The fourth-order valence-corrected chi connectivity index (χ4v) is 1.16. The van der Waals surface area contributed by atoms with Gasteiger partial charge >= 0.3 is 0 Å². The van der Waals surface area contributed by atoms with E-state index in [1.165, 1.54) is 5.56 Å². The molecule has 0 atom stereocenters. The van der Waals surface area contributed by atoms with Crippen LogP contribution in [-0.2, 0) is 5.41 Å². The molecule has 90 valence electrons. The average Bonchev–Trinajstić information content (AvgIpc) is 2.13. The molecule has 0 aliphatic rings. The highest BCUT2D eigenvalue weighted by Crippen LogP contribution is 2.22. The smallest absolute Gasteiger partial charge is 0.213 e. The van der Waals surface area contributed by atoms with Gasteiger partial charge in [0.2, 0.25) is 5.88 Å². The van der Waals surface area contributed by atoms with Gasteiger partial charge in [-0.2, -0.15) is 0 Å². The van der Waals surface area contributed by atoms with E-state index in [0.717, 1.165) is 0 Å². The molecular weight excluding hydrogens is 202 g/mol. The van der Waals surface area contributed by atoms with Gasteiger partial charge in [0.1, 0.15) is 6.61 Å². The van der Waals surface area contributed by atoms with Crippen LogP contribution in [0.4, 0.5) is 0 Å². The molecule has 0 bridgehead atoms. The number of pyridine rings is 1. The van der Waals surface area contributed by atoms with Gasteiger partial charge in [-0.25, -0.2) is 4.98 Å². The summed E-state index contributed by atoms with van der Waals surface area (Å²) in [5, 5.41) is 9.51. The summed E-state index contributed by atoms with van der Waals surface area (Å²) in [5.41, 5.74) is 0.440. The minimum atomic E-state index is -0.829. The Morgan fingerprint density at radius 1 is 1.19 bits per heavy atom. The zero-order chi connectivity index (χ0) is 12.4. The van der Waals surface area contributed by atoms with E-state index < -0.39 is 5.60 Å². The van der Waals surface area contributed by atoms with Crippen molar-refractivity contribution in [1.29, 1.82) is 0 Å². The lowest BCUT2D eigenvalue weighted by Crippen LogP contribution is -2.28. The number of hydrogen-bond donors (Lipinski definition) is 1. The van der Waals surface area contributed by atoms with Crippen LogP contribution in [0.5, 0.6) is 5.88 Å². The van der Waals surface area contributed by atoms with Gasteiger partial charge in [-0.05, 0) is 24.8 Å². The van der Waals surface area contributed by atoms with Crippen molar-refractivity contribution in [1.82, 2.24) is 4.98 Å². The van der Waals surface area contributed by atoms with Gasteiger partial charge in [-0.3, -0.25) is 0 Å². The molecule has 0 aliphatic carbocycles. The molecule has 0 fully saturated rings. The molecule has 0 aromatic carbocycles. The molecule has 0 amide bonds. The standard InChI is InChI=1S/C13H21NO2/c1-12(2,3)10-6-7-11(14-8-10)16-9-13(4,5)15/h6-8,15H,9H2,1-5H3. The Hall–Kier alpha value is -1.09. The lowest BCUT2D eigenvalue weighted by Gasteiger charge is -2.20. The molecular formula is C13H21NO2. The number of aromatic nitrogens is 1. The van der Waals surface area contributed by atoms with Gasteiger partial charge in [0.15, 0.2) is 0 Å². The van der Waals surface area contributed by atoms with Crippen molar-refractivity contribution in [3.8, 4) is 5.88 Å². The first-order valence-electron chi connectivity index (χ1n) is 5.50. The van der Waals surface area contributed by atoms with E-state index in [1.807, 2.05) is 18.3 Å². The van der Waals surface area contributed by atoms with Gasteiger partial charge in [0.25, 0.3) is 0 Å². The Morgan fingerprint density at radius 2 is 1.81 bits per heavy atom. The Balaban J connectivity index is 2.66. The van der Waals surface area contributed by atoms with E-state index in [1.54, 1.807) is 13.8 Å². The summed E-state index contributed by atoms with van der Waals surface area (Å²) < 4.78 is 5.38. The van der Waals surface area contributed by atoms with E-state index in [2.05, 4.69) is 25.8 Å². The van der Waals surface area contributed by atoms with E-state index in [4.69, 9.17) is 4.74 Å². The van der Waals surface area contributed by atoms with Gasteiger partial charge in [-0.1, -0.05) is 26.8 Å². The quantitative estimate of drug-likeness (QED) is 0.856. The SMILES string of the molecule is CC(C)(O)COc1ccc(C(C)(C)C)cn1. The van der Waals surface area contributed by atoms with Gasteiger partial charge < -0.3 is 9.84 Å². The zero-order valence-corrected chi connectivity index (χ0v) is 10.7. The second-order valence-corrected chi connectivity index (χ2v) is 5.74. The number of hydrogen-bond acceptors (Lipinski definition) is 3. The molecule has 1 aromatic rings. The molecule has 0 radical (unpaired) electrons. The van der Waals surface area contributed by atoms with Crippen LogP contribution >= 0.6 is 0 Å². The Bertz CT molecular complexity index is 330. The topological polar surface area (TPSA) is 42.4 Å². The summed E-state index contributed by atoms with van der Waals surface area (Å²) in [4.78, 5) is 4.21. The average molecular weight is 223 g/mol. The Labute approximate surface area is 97.5 Å². The summed E-state index contributed by atoms with van der Waals surface area (Å²) in [6.07, 6.45) is 1.82. The van der Waals surface area contributed by atoms with E-state index in [9.17, 15) is 5.11 Å². The zero-order valence-electron chi connectivity index (χ0n) is 10.7. The molecule has 3 heteroatoms. The number of ether oxygens (including phenoxy) is 1. The first-order chi connectivity index (χ1) is 7.18. The first kappa shape index (κ1) is 13.0. The molecule has 1 rings (SSSR count). The van der Waals surface area contributed by atoms with Gasteiger partial charge in [-0.15, -0.1) is 0 Å². The maximum absolute atomic E-state index is 9.51. The van der Waals surface area contributed by atoms with Crippen LogP contribution in [0.15, 0.2) is 18.3 Å². The van der Waals surface area contributed by atoms with Crippen LogP contribution in [0.2, 0.25) is 0 Å². The van der Waals surface area contributed by atoms with E-state index in [-0.39, 0.29) is 12.0 Å². The molecule has 1 heterocycles. The molecule has 0 saturated heterocycles. The van der Waals surface area contributed by atoms with Crippen LogP contribution in [0.1, 0.15) is 40.2 Å². The lowest BCUT2D eigenvalue weighted by molar-refractivity contribution is 0.0268.